The Kier molecular flexibility index (Phi) is 5.54. The van der Waals surface area contributed by atoms with Gasteiger partial charge < -0.3 is 14.5 Å². The van der Waals surface area contributed by atoms with E-state index >= 15 is 0 Å². The van der Waals surface area contributed by atoms with Gasteiger partial charge in [-0.25, -0.2) is 8.78 Å². The van der Waals surface area contributed by atoms with Crippen LogP contribution >= 0.6 is 0 Å². The Morgan fingerprint density at radius 1 is 1.30 bits per heavy atom. The van der Waals surface area contributed by atoms with Gasteiger partial charge in [0.1, 0.15) is 18.2 Å². The van der Waals surface area contributed by atoms with E-state index in [9.17, 15) is 13.6 Å². The monoisotopic (exact) mass is 375 g/mol. The van der Waals surface area contributed by atoms with Crippen LogP contribution in [0.2, 0.25) is 0 Å². The van der Waals surface area contributed by atoms with Crippen molar-refractivity contribution in [3.8, 4) is 5.75 Å². The SMILES string of the molecule is CCn1cc(CNC(=O)c2ccc(COc3ccc(F)cc3F)o2)c(C)n1. The number of hydrogen-bond donors (Lipinski definition) is 1. The average molecular weight is 375 g/mol. The molecule has 0 atom stereocenters. The predicted octanol–water partition coefficient (Wildman–Crippen LogP) is 3.59. The molecule has 6 nitrogen and oxygen atoms in total. The number of halogens is 2. The summed E-state index contributed by atoms with van der Waals surface area (Å²) in [5, 5.41) is 7.09. The quantitative estimate of drug-likeness (QED) is 0.685. The van der Waals surface area contributed by atoms with Crippen molar-refractivity contribution in [2.45, 2.75) is 33.5 Å². The molecule has 2 heterocycles. The molecule has 1 amide bonds. The molecule has 1 N–H and O–H groups in total. The maximum atomic E-state index is 13.5. The van der Waals surface area contributed by atoms with Crippen LogP contribution in [0, 0.1) is 18.6 Å². The number of nitrogens with zero attached hydrogens (tertiary/aromatic N) is 2. The lowest BCUT2D eigenvalue weighted by atomic mass is 10.2. The highest BCUT2D eigenvalue weighted by molar-refractivity contribution is 5.91. The molecular weight excluding hydrogens is 356 g/mol. The van der Waals surface area contributed by atoms with Gasteiger partial charge in [0.2, 0.25) is 0 Å². The molecule has 0 aliphatic carbocycles. The zero-order chi connectivity index (χ0) is 19.4. The van der Waals surface area contributed by atoms with Gasteiger partial charge in [-0.15, -0.1) is 0 Å². The molecule has 0 saturated heterocycles. The fourth-order valence-electron chi connectivity index (χ4n) is 2.48. The van der Waals surface area contributed by atoms with E-state index in [0.29, 0.717) is 12.3 Å². The zero-order valence-corrected chi connectivity index (χ0v) is 15.0. The van der Waals surface area contributed by atoms with E-state index in [1.165, 1.54) is 12.1 Å². The summed E-state index contributed by atoms with van der Waals surface area (Å²) in [5.41, 5.74) is 1.78. The highest BCUT2D eigenvalue weighted by Crippen LogP contribution is 2.19. The summed E-state index contributed by atoms with van der Waals surface area (Å²) in [7, 11) is 0. The van der Waals surface area contributed by atoms with Gasteiger partial charge in [-0.3, -0.25) is 9.48 Å². The average Bonchev–Trinajstić information content (AvgIpc) is 3.25. The van der Waals surface area contributed by atoms with Gasteiger partial charge in [-0.05, 0) is 38.1 Å². The number of nitrogens with one attached hydrogen (secondary N) is 1. The first-order valence-electron chi connectivity index (χ1n) is 8.44. The van der Waals surface area contributed by atoms with E-state index in [1.807, 2.05) is 20.0 Å². The number of benzene rings is 1. The van der Waals surface area contributed by atoms with Crippen molar-refractivity contribution in [3.05, 3.63) is 70.9 Å². The summed E-state index contributed by atoms with van der Waals surface area (Å²) in [4.78, 5) is 12.2. The van der Waals surface area contributed by atoms with Crippen molar-refractivity contribution in [3.63, 3.8) is 0 Å². The van der Waals surface area contributed by atoms with Crippen LogP contribution in [0.15, 0.2) is 40.9 Å². The van der Waals surface area contributed by atoms with Crippen molar-refractivity contribution in [2.24, 2.45) is 0 Å². The van der Waals surface area contributed by atoms with Crippen molar-refractivity contribution >= 4 is 5.91 Å². The molecule has 0 bridgehead atoms. The highest BCUT2D eigenvalue weighted by Gasteiger charge is 2.13. The van der Waals surface area contributed by atoms with Crippen LogP contribution in [0.4, 0.5) is 8.78 Å². The van der Waals surface area contributed by atoms with E-state index in [0.717, 1.165) is 29.9 Å². The first kappa shape index (κ1) is 18.6. The van der Waals surface area contributed by atoms with Gasteiger partial charge in [0.25, 0.3) is 5.91 Å². The Hall–Kier alpha value is -3.16. The lowest BCUT2D eigenvalue weighted by molar-refractivity contribution is 0.0919. The zero-order valence-electron chi connectivity index (χ0n) is 15.0. The van der Waals surface area contributed by atoms with E-state index in [2.05, 4.69) is 10.4 Å². The molecule has 0 fully saturated rings. The Labute approximate surface area is 154 Å². The minimum Gasteiger partial charge on any atom is -0.483 e. The topological polar surface area (TPSA) is 69.3 Å². The van der Waals surface area contributed by atoms with Crippen LogP contribution in [0.5, 0.6) is 5.75 Å². The number of hydrogen-bond acceptors (Lipinski definition) is 4. The van der Waals surface area contributed by atoms with Crippen LogP contribution in [-0.2, 0) is 19.7 Å². The third kappa shape index (κ3) is 4.52. The van der Waals surface area contributed by atoms with Crippen LogP contribution in [0.1, 0.15) is 34.5 Å². The Balaban J connectivity index is 1.56. The molecule has 0 unspecified atom stereocenters. The first-order valence-corrected chi connectivity index (χ1v) is 8.44. The number of amides is 1. The standard InChI is InChI=1S/C19H19F2N3O3/c1-3-24-10-13(12(2)23-24)9-22-19(25)18-7-5-15(27-18)11-26-17-6-4-14(20)8-16(17)21/h4-8,10H,3,9,11H2,1-2H3,(H,22,25). The van der Waals surface area contributed by atoms with Gasteiger partial charge in [-0.1, -0.05) is 0 Å². The second kappa shape index (κ2) is 8.03. The van der Waals surface area contributed by atoms with Gasteiger partial charge in [0.05, 0.1) is 5.69 Å². The second-order valence-corrected chi connectivity index (χ2v) is 5.91. The van der Waals surface area contributed by atoms with E-state index in [-0.39, 0.29) is 24.0 Å². The molecule has 3 rings (SSSR count). The molecule has 0 radical (unpaired) electrons. The molecule has 8 heteroatoms. The Bertz CT molecular complexity index is 950. The lowest BCUT2D eigenvalue weighted by Crippen LogP contribution is -2.22. The van der Waals surface area contributed by atoms with Crippen molar-refractivity contribution in [1.29, 1.82) is 0 Å². The molecule has 3 aromatic rings. The fraction of sp³-hybridized carbons (Fsp3) is 0.263. The Morgan fingerprint density at radius 2 is 2.11 bits per heavy atom. The summed E-state index contributed by atoms with van der Waals surface area (Å²) in [6, 6.07) is 6.11. The first-order chi connectivity index (χ1) is 13.0. The highest BCUT2D eigenvalue weighted by atomic mass is 19.1. The summed E-state index contributed by atoms with van der Waals surface area (Å²) in [6.45, 7) is 4.87. The van der Waals surface area contributed by atoms with Gasteiger partial charge in [0, 0.05) is 30.9 Å². The third-order valence-electron chi connectivity index (χ3n) is 3.96. The number of carbonyl (C=O) groups excluding carboxylic acids is 1. The smallest absolute Gasteiger partial charge is 0.287 e. The van der Waals surface area contributed by atoms with Crippen molar-refractivity contribution in [2.75, 3.05) is 0 Å². The number of ether oxygens (including phenoxy) is 1. The maximum absolute atomic E-state index is 13.5. The van der Waals surface area contributed by atoms with E-state index in [4.69, 9.17) is 9.15 Å². The maximum Gasteiger partial charge on any atom is 0.287 e. The molecule has 27 heavy (non-hydrogen) atoms. The summed E-state index contributed by atoms with van der Waals surface area (Å²) < 4.78 is 38.9. The number of rotatable bonds is 7. The number of aryl methyl sites for hydroxylation is 2. The van der Waals surface area contributed by atoms with E-state index < -0.39 is 11.6 Å². The third-order valence-corrected chi connectivity index (χ3v) is 3.96. The largest absolute Gasteiger partial charge is 0.483 e. The van der Waals surface area contributed by atoms with Gasteiger partial charge >= 0.3 is 0 Å². The summed E-state index contributed by atoms with van der Waals surface area (Å²) in [6.07, 6.45) is 1.88. The van der Waals surface area contributed by atoms with Crippen molar-refractivity contribution in [1.82, 2.24) is 15.1 Å². The van der Waals surface area contributed by atoms with Crippen LogP contribution in [0.25, 0.3) is 0 Å². The normalized spacial score (nSPS) is 10.8. The number of carbonyl (C=O) groups is 1. The lowest BCUT2D eigenvalue weighted by Gasteiger charge is -2.05. The second-order valence-electron chi connectivity index (χ2n) is 5.91. The number of furan rings is 1. The molecule has 0 saturated carbocycles. The Morgan fingerprint density at radius 3 is 2.81 bits per heavy atom. The minimum absolute atomic E-state index is 0.0851. The summed E-state index contributed by atoms with van der Waals surface area (Å²) in [5.74, 6) is -1.49. The molecule has 142 valence electrons. The van der Waals surface area contributed by atoms with Crippen LogP contribution < -0.4 is 10.1 Å². The molecule has 2 aromatic heterocycles. The summed E-state index contributed by atoms with van der Waals surface area (Å²) >= 11 is 0. The van der Waals surface area contributed by atoms with Crippen LogP contribution in [-0.4, -0.2) is 15.7 Å². The molecule has 1 aromatic carbocycles. The predicted molar refractivity (Wildman–Crippen MR) is 93.2 cm³/mol. The fourth-order valence-corrected chi connectivity index (χ4v) is 2.48. The molecule has 0 aliphatic rings. The number of aromatic nitrogens is 2. The molecule has 0 aliphatic heterocycles. The van der Waals surface area contributed by atoms with Gasteiger partial charge in [0.15, 0.2) is 17.3 Å². The van der Waals surface area contributed by atoms with Crippen molar-refractivity contribution < 1.29 is 22.7 Å². The van der Waals surface area contributed by atoms with Gasteiger partial charge in [-0.2, -0.15) is 5.10 Å². The van der Waals surface area contributed by atoms with E-state index in [1.54, 1.807) is 10.7 Å². The minimum atomic E-state index is -0.803. The molecular formula is C19H19F2N3O3. The van der Waals surface area contributed by atoms with Crippen LogP contribution in [0.3, 0.4) is 0 Å². The molecule has 0 spiro atoms.